The molecule has 0 fully saturated rings. The highest BCUT2D eigenvalue weighted by molar-refractivity contribution is 7.18. The Kier molecular flexibility index (Phi) is 3.03. The summed E-state index contributed by atoms with van der Waals surface area (Å²) in [5, 5.41) is 12.7. The molecule has 3 rings (SSSR count). The van der Waals surface area contributed by atoms with E-state index in [1.807, 2.05) is 37.3 Å². The van der Waals surface area contributed by atoms with E-state index in [0.29, 0.717) is 10.1 Å². The summed E-state index contributed by atoms with van der Waals surface area (Å²) < 4.78 is 1.70. The van der Waals surface area contributed by atoms with Crippen molar-refractivity contribution in [1.82, 2.24) is 20.0 Å². The van der Waals surface area contributed by atoms with Crippen molar-refractivity contribution in [2.24, 2.45) is 0 Å². The number of hydrogen-bond acceptors (Lipinski definition) is 6. The van der Waals surface area contributed by atoms with Crippen molar-refractivity contribution in [3.63, 3.8) is 0 Å². The Morgan fingerprint density at radius 1 is 1.20 bits per heavy atom. The second-order valence-electron chi connectivity index (χ2n) is 4.19. The molecule has 0 saturated heterocycles. The van der Waals surface area contributed by atoms with Crippen molar-refractivity contribution in [3.05, 3.63) is 52.3 Å². The Morgan fingerprint density at radius 3 is 2.60 bits per heavy atom. The first-order valence-corrected chi connectivity index (χ1v) is 6.72. The summed E-state index contributed by atoms with van der Waals surface area (Å²) >= 11 is 1.14. The average molecular weight is 285 g/mol. The molecule has 1 aromatic carbocycles. The molecule has 0 amide bonds. The van der Waals surface area contributed by atoms with Crippen LogP contribution in [0.1, 0.15) is 5.69 Å². The second kappa shape index (κ2) is 4.86. The van der Waals surface area contributed by atoms with Gasteiger partial charge in [0.05, 0.1) is 5.69 Å². The van der Waals surface area contributed by atoms with Crippen LogP contribution in [0.25, 0.3) is 16.4 Å². The fraction of sp³-hybridized carbons (Fsp3) is 0.0769. The molecule has 0 saturated carbocycles. The lowest BCUT2D eigenvalue weighted by Crippen LogP contribution is -2.15. The van der Waals surface area contributed by atoms with E-state index < -0.39 is 0 Å². The van der Waals surface area contributed by atoms with Crippen molar-refractivity contribution in [2.75, 3.05) is 5.73 Å². The number of para-hydroxylation sites is 1. The van der Waals surface area contributed by atoms with Gasteiger partial charge in [0.15, 0.2) is 10.7 Å². The molecule has 0 unspecified atom stereocenters. The van der Waals surface area contributed by atoms with Crippen LogP contribution >= 0.6 is 11.3 Å². The SMILES string of the molecule is Cc1cc(=O)c(-c2nnc(N)s2)nn1-c1ccccc1. The Balaban J connectivity index is 2.21. The molecular formula is C13H11N5OS. The molecule has 0 bridgehead atoms. The molecule has 0 aliphatic rings. The standard InChI is InChI=1S/C13H11N5OS/c1-8-7-10(19)11(12-15-16-13(14)20-12)17-18(8)9-5-3-2-4-6-9/h2-7H,1H3,(H2,14,16). The van der Waals surface area contributed by atoms with Crippen molar-refractivity contribution in [1.29, 1.82) is 0 Å². The topological polar surface area (TPSA) is 86.7 Å². The molecule has 0 atom stereocenters. The summed E-state index contributed by atoms with van der Waals surface area (Å²) in [7, 11) is 0. The van der Waals surface area contributed by atoms with Crippen molar-refractivity contribution >= 4 is 16.5 Å². The number of rotatable bonds is 2. The maximum atomic E-state index is 12.1. The summed E-state index contributed by atoms with van der Waals surface area (Å²) in [5.41, 5.74) is 7.25. The first kappa shape index (κ1) is 12.5. The molecule has 0 aliphatic heterocycles. The maximum absolute atomic E-state index is 12.1. The summed E-state index contributed by atoms with van der Waals surface area (Å²) in [5.74, 6) is 0. The molecule has 0 spiro atoms. The zero-order chi connectivity index (χ0) is 14.1. The minimum atomic E-state index is -0.189. The van der Waals surface area contributed by atoms with Crippen LogP contribution in [0.3, 0.4) is 0 Å². The van der Waals surface area contributed by atoms with Crippen LogP contribution in [-0.2, 0) is 0 Å². The quantitative estimate of drug-likeness (QED) is 0.773. The number of benzene rings is 1. The summed E-state index contributed by atoms with van der Waals surface area (Å²) in [6.45, 7) is 1.83. The Bertz CT molecular complexity index is 809. The summed E-state index contributed by atoms with van der Waals surface area (Å²) in [4.78, 5) is 12.1. The van der Waals surface area contributed by atoms with Crippen LogP contribution < -0.4 is 11.2 Å². The van der Waals surface area contributed by atoms with Crippen molar-refractivity contribution in [2.45, 2.75) is 6.92 Å². The van der Waals surface area contributed by atoms with E-state index in [2.05, 4.69) is 15.3 Å². The number of nitrogens with zero attached hydrogens (tertiary/aromatic N) is 4. The Hall–Kier alpha value is -2.54. The van der Waals surface area contributed by atoms with Gasteiger partial charge in [-0.05, 0) is 19.1 Å². The monoisotopic (exact) mass is 285 g/mol. The number of aromatic nitrogens is 4. The van der Waals surface area contributed by atoms with Gasteiger partial charge in [-0.15, -0.1) is 10.2 Å². The van der Waals surface area contributed by atoms with Gasteiger partial charge in [-0.3, -0.25) is 4.79 Å². The molecule has 2 heterocycles. The van der Waals surface area contributed by atoms with Gasteiger partial charge in [0, 0.05) is 11.8 Å². The summed E-state index contributed by atoms with van der Waals surface area (Å²) in [6.07, 6.45) is 0. The molecular weight excluding hydrogens is 274 g/mol. The van der Waals surface area contributed by atoms with E-state index in [4.69, 9.17) is 5.73 Å². The van der Waals surface area contributed by atoms with Crippen LogP contribution in [0.4, 0.5) is 5.13 Å². The number of hydrogen-bond donors (Lipinski definition) is 1. The van der Waals surface area contributed by atoms with E-state index in [1.54, 1.807) is 4.68 Å². The maximum Gasteiger partial charge on any atom is 0.210 e. The van der Waals surface area contributed by atoms with E-state index in [1.165, 1.54) is 6.07 Å². The summed E-state index contributed by atoms with van der Waals surface area (Å²) in [6, 6.07) is 11.1. The number of aryl methyl sites for hydroxylation is 1. The minimum Gasteiger partial charge on any atom is -0.374 e. The van der Waals surface area contributed by atoms with E-state index in [0.717, 1.165) is 22.7 Å². The molecule has 0 radical (unpaired) electrons. The van der Waals surface area contributed by atoms with Crippen LogP contribution in [0.5, 0.6) is 0 Å². The fourth-order valence-electron chi connectivity index (χ4n) is 1.86. The van der Waals surface area contributed by atoms with E-state index in [-0.39, 0.29) is 11.1 Å². The van der Waals surface area contributed by atoms with E-state index in [9.17, 15) is 4.79 Å². The van der Waals surface area contributed by atoms with Gasteiger partial charge >= 0.3 is 0 Å². The van der Waals surface area contributed by atoms with Gasteiger partial charge in [-0.2, -0.15) is 5.10 Å². The van der Waals surface area contributed by atoms with Crippen LogP contribution in [0.2, 0.25) is 0 Å². The molecule has 0 aliphatic carbocycles. The molecule has 2 N–H and O–H groups in total. The number of nitrogen functional groups attached to an aromatic ring is 1. The van der Waals surface area contributed by atoms with Gasteiger partial charge in [0.1, 0.15) is 0 Å². The van der Waals surface area contributed by atoms with Crippen LogP contribution in [0.15, 0.2) is 41.2 Å². The smallest absolute Gasteiger partial charge is 0.210 e. The predicted octanol–water partition coefficient (Wildman–Crippen LogP) is 1.64. The predicted molar refractivity (Wildman–Crippen MR) is 77.9 cm³/mol. The zero-order valence-corrected chi connectivity index (χ0v) is 11.5. The highest BCUT2D eigenvalue weighted by Gasteiger charge is 2.13. The third-order valence-electron chi connectivity index (χ3n) is 2.75. The lowest BCUT2D eigenvalue weighted by atomic mass is 10.3. The molecule has 6 nitrogen and oxygen atoms in total. The molecule has 100 valence electrons. The van der Waals surface area contributed by atoms with Gasteiger partial charge in [0.2, 0.25) is 10.6 Å². The van der Waals surface area contributed by atoms with Crippen molar-refractivity contribution < 1.29 is 0 Å². The molecule has 3 aromatic rings. The zero-order valence-electron chi connectivity index (χ0n) is 10.6. The number of anilines is 1. The third-order valence-corrected chi connectivity index (χ3v) is 3.51. The molecule has 20 heavy (non-hydrogen) atoms. The fourth-order valence-corrected chi connectivity index (χ4v) is 2.46. The lowest BCUT2D eigenvalue weighted by molar-refractivity contribution is 0.803. The third kappa shape index (κ3) is 2.19. The average Bonchev–Trinajstić information content (AvgIpc) is 2.86. The first-order valence-electron chi connectivity index (χ1n) is 5.91. The second-order valence-corrected chi connectivity index (χ2v) is 5.20. The van der Waals surface area contributed by atoms with Gasteiger partial charge in [-0.25, -0.2) is 4.68 Å². The van der Waals surface area contributed by atoms with Crippen LogP contribution in [-0.4, -0.2) is 20.0 Å². The minimum absolute atomic E-state index is 0.189. The normalized spacial score (nSPS) is 10.7. The molecule has 2 aromatic heterocycles. The Labute approximate surface area is 118 Å². The van der Waals surface area contributed by atoms with E-state index >= 15 is 0 Å². The molecule has 7 heteroatoms. The highest BCUT2D eigenvalue weighted by atomic mass is 32.1. The van der Waals surface area contributed by atoms with Crippen LogP contribution in [0, 0.1) is 6.92 Å². The first-order chi connectivity index (χ1) is 9.65. The van der Waals surface area contributed by atoms with Crippen molar-refractivity contribution in [3.8, 4) is 16.4 Å². The highest BCUT2D eigenvalue weighted by Crippen LogP contribution is 2.20. The largest absolute Gasteiger partial charge is 0.374 e. The van der Waals surface area contributed by atoms with Gasteiger partial charge in [-0.1, -0.05) is 29.5 Å². The number of nitrogens with two attached hydrogens (primary N) is 1. The van der Waals surface area contributed by atoms with Gasteiger partial charge in [0.25, 0.3) is 0 Å². The lowest BCUT2D eigenvalue weighted by Gasteiger charge is -2.09. The Morgan fingerprint density at radius 2 is 1.95 bits per heavy atom. The van der Waals surface area contributed by atoms with Gasteiger partial charge < -0.3 is 5.73 Å².